The third-order valence-corrected chi connectivity index (χ3v) is 4.03. The lowest BCUT2D eigenvalue weighted by Gasteiger charge is -2.26. The van der Waals surface area contributed by atoms with Gasteiger partial charge in [-0.3, -0.25) is 4.98 Å². The summed E-state index contributed by atoms with van der Waals surface area (Å²) < 4.78 is 58.0. The van der Waals surface area contributed by atoms with Crippen molar-refractivity contribution in [3.05, 3.63) is 54.1 Å². The molecular weight excluding hydrogens is 392 g/mol. The Kier molecular flexibility index (Phi) is 4.97. The van der Waals surface area contributed by atoms with Crippen LogP contribution in [0.4, 0.5) is 35.1 Å². The number of nitrogens with zero attached hydrogens (tertiary/aromatic N) is 4. The summed E-state index contributed by atoms with van der Waals surface area (Å²) in [6.07, 6.45) is -3.57. The Labute approximate surface area is 162 Å². The lowest BCUT2D eigenvalue weighted by molar-refractivity contribution is -0.141. The quantitative estimate of drug-likeness (QED) is 0.626. The fourth-order valence-corrected chi connectivity index (χ4v) is 2.55. The first-order valence-electron chi connectivity index (χ1n) is 8.54. The minimum Gasteiger partial charge on any atom is -0.377 e. The zero-order valence-corrected chi connectivity index (χ0v) is 14.7. The lowest BCUT2D eigenvalue weighted by Crippen LogP contribution is -2.40. The van der Waals surface area contributed by atoms with Crippen molar-refractivity contribution in [3.63, 3.8) is 0 Å². The maximum absolute atomic E-state index is 14.2. The molecule has 0 spiro atoms. The predicted octanol–water partition coefficient (Wildman–Crippen LogP) is 3.65. The molecule has 0 saturated carbocycles. The standard InChI is InChI=1S/C18H14F4N6O/c19-13-4-2-1-3-12(13)15-26-16(28-17(27-15)25-11-8-29-9-11)24-10-5-6-23-14(7-10)18(20,21)22/h1-7,11H,8-9H2,(H2,23,24,25,26,27,28). The van der Waals surface area contributed by atoms with Gasteiger partial charge in [0.05, 0.1) is 24.8 Å². The molecule has 1 aliphatic heterocycles. The zero-order chi connectivity index (χ0) is 20.4. The summed E-state index contributed by atoms with van der Waals surface area (Å²) in [7, 11) is 0. The highest BCUT2D eigenvalue weighted by atomic mass is 19.4. The fourth-order valence-electron chi connectivity index (χ4n) is 2.55. The van der Waals surface area contributed by atoms with Gasteiger partial charge < -0.3 is 15.4 Å². The summed E-state index contributed by atoms with van der Waals surface area (Å²) in [4.78, 5) is 15.9. The van der Waals surface area contributed by atoms with Gasteiger partial charge in [-0.2, -0.15) is 28.1 Å². The van der Waals surface area contributed by atoms with Crippen molar-refractivity contribution >= 4 is 17.6 Å². The molecule has 1 aromatic carbocycles. The number of hydrogen-bond acceptors (Lipinski definition) is 7. The van der Waals surface area contributed by atoms with Crippen LogP contribution in [0.25, 0.3) is 11.4 Å². The Hall–Kier alpha value is -3.34. The number of halogens is 4. The molecule has 3 heterocycles. The number of alkyl halides is 3. The molecule has 3 aromatic rings. The molecule has 2 aromatic heterocycles. The van der Waals surface area contributed by atoms with Crippen LogP contribution >= 0.6 is 0 Å². The average Bonchev–Trinajstić information content (AvgIpc) is 2.64. The van der Waals surface area contributed by atoms with Crippen LogP contribution < -0.4 is 10.6 Å². The topological polar surface area (TPSA) is 84.9 Å². The van der Waals surface area contributed by atoms with E-state index in [0.717, 1.165) is 12.3 Å². The number of anilines is 3. The van der Waals surface area contributed by atoms with E-state index in [1.54, 1.807) is 6.07 Å². The number of rotatable bonds is 5. The molecule has 0 radical (unpaired) electrons. The maximum atomic E-state index is 14.2. The van der Waals surface area contributed by atoms with Crippen molar-refractivity contribution in [2.75, 3.05) is 23.8 Å². The van der Waals surface area contributed by atoms with Crippen LogP contribution in [-0.2, 0) is 10.9 Å². The highest BCUT2D eigenvalue weighted by Crippen LogP contribution is 2.30. The van der Waals surface area contributed by atoms with Crippen molar-refractivity contribution in [3.8, 4) is 11.4 Å². The molecule has 0 unspecified atom stereocenters. The predicted molar refractivity (Wildman–Crippen MR) is 96.0 cm³/mol. The van der Waals surface area contributed by atoms with Gasteiger partial charge in [-0.05, 0) is 24.3 Å². The second kappa shape index (κ2) is 7.59. The molecule has 4 rings (SSSR count). The van der Waals surface area contributed by atoms with E-state index in [9.17, 15) is 17.6 Å². The van der Waals surface area contributed by atoms with Gasteiger partial charge in [-0.15, -0.1) is 0 Å². The normalized spacial score (nSPS) is 14.3. The molecule has 0 atom stereocenters. The Morgan fingerprint density at radius 2 is 1.76 bits per heavy atom. The molecule has 0 aliphatic carbocycles. The molecule has 1 aliphatic rings. The van der Waals surface area contributed by atoms with E-state index < -0.39 is 17.7 Å². The number of aromatic nitrogens is 4. The Morgan fingerprint density at radius 1 is 1.00 bits per heavy atom. The largest absolute Gasteiger partial charge is 0.433 e. The van der Waals surface area contributed by atoms with Crippen LogP contribution in [-0.4, -0.2) is 39.2 Å². The SMILES string of the molecule is Fc1ccccc1-c1nc(Nc2ccnc(C(F)(F)F)c2)nc(NC2COC2)n1. The van der Waals surface area contributed by atoms with E-state index in [-0.39, 0.29) is 35.0 Å². The number of hydrogen-bond donors (Lipinski definition) is 2. The van der Waals surface area contributed by atoms with E-state index in [1.807, 2.05) is 0 Å². The molecule has 11 heteroatoms. The van der Waals surface area contributed by atoms with E-state index in [0.29, 0.717) is 13.2 Å². The molecule has 29 heavy (non-hydrogen) atoms. The van der Waals surface area contributed by atoms with Crippen LogP contribution in [0.2, 0.25) is 0 Å². The first kappa shape index (κ1) is 19.0. The smallest absolute Gasteiger partial charge is 0.377 e. The van der Waals surface area contributed by atoms with Crippen molar-refractivity contribution in [1.29, 1.82) is 0 Å². The van der Waals surface area contributed by atoms with Gasteiger partial charge in [0.2, 0.25) is 11.9 Å². The maximum Gasteiger partial charge on any atom is 0.433 e. The Morgan fingerprint density at radius 3 is 2.45 bits per heavy atom. The van der Waals surface area contributed by atoms with Gasteiger partial charge in [0.25, 0.3) is 0 Å². The highest BCUT2D eigenvalue weighted by Gasteiger charge is 2.32. The van der Waals surface area contributed by atoms with E-state index >= 15 is 0 Å². The zero-order valence-electron chi connectivity index (χ0n) is 14.7. The van der Waals surface area contributed by atoms with Gasteiger partial charge in [0.15, 0.2) is 5.82 Å². The highest BCUT2D eigenvalue weighted by molar-refractivity contribution is 5.61. The number of benzene rings is 1. The summed E-state index contributed by atoms with van der Waals surface area (Å²) in [6, 6.07) is 8.07. The number of pyridine rings is 1. The first-order valence-corrected chi connectivity index (χ1v) is 8.54. The van der Waals surface area contributed by atoms with Gasteiger partial charge in [-0.25, -0.2) is 4.39 Å². The third kappa shape index (κ3) is 4.40. The Balaban J connectivity index is 1.69. The summed E-state index contributed by atoms with van der Waals surface area (Å²) in [5, 5.41) is 5.73. The number of ether oxygens (including phenoxy) is 1. The fraction of sp³-hybridized carbons (Fsp3) is 0.222. The van der Waals surface area contributed by atoms with Crippen LogP contribution in [0, 0.1) is 5.82 Å². The van der Waals surface area contributed by atoms with Gasteiger partial charge >= 0.3 is 6.18 Å². The molecule has 1 saturated heterocycles. The van der Waals surface area contributed by atoms with E-state index in [1.165, 1.54) is 24.3 Å². The molecule has 7 nitrogen and oxygen atoms in total. The van der Waals surface area contributed by atoms with Crippen LogP contribution in [0.3, 0.4) is 0 Å². The minimum absolute atomic E-state index is 0.0172. The van der Waals surface area contributed by atoms with Gasteiger partial charge in [0, 0.05) is 11.9 Å². The molecule has 2 N–H and O–H groups in total. The third-order valence-electron chi connectivity index (χ3n) is 4.03. The van der Waals surface area contributed by atoms with Gasteiger partial charge in [0.1, 0.15) is 11.5 Å². The van der Waals surface area contributed by atoms with Crippen LogP contribution in [0.1, 0.15) is 5.69 Å². The van der Waals surface area contributed by atoms with E-state index in [4.69, 9.17) is 4.74 Å². The molecule has 1 fully saturated rings. The number of nitrogens with one attached hydrogen (secondary N) is 2. The molecule has 150 valence electrons. The lowest BCUT2D eigenvalue weighted by atomic mass is 10.2. The molecule has 0 amide bonds. The summed E-state index contributed by atoms with van der Waals surface area (Å²) >= 11 is 0. The second-order valence-electron chi connectivity index (χ2n) is 6.22. The van der Waals surface area contributed by atoms with Crippen LogP contribution in [0.15, 0.2) is 42.6 Å². The van der Waals surface area contributed by atoms with E-state index in [2.05, 4.69) is 30.6 Å². The minimum atomic E-state index is -4.59. The monoisotopic (exact) mass is 406 g/mol. The summed E-state index contributed by atoms with van der Waals surface area (Å²) in [6.45, 7) is 0.922. The van der Waals surface area contributed by atoms with Crippen molar-refractivity contribution < 1.29 is 22.3 Å². The van der Waals surface area contributed by atoms with Crippen molar-refractivity contribution in [1.82, 2.24) is 19.9 Å². The van der Waals surface area contributed by atoms with Crippen molar-refractivity contribution in [2.45, 2.75) is 12.2 Å². The Bertz CT molecular complexity index is 1030. The van der Waals surface area contributed by atoms with Crippen LogP contribution in [0.5, 0.6) is 0 Å². The summed E-state index contributed by atoms with van der Waals surface area (Å²) in [5.74, 6) is -0.390. The van der Waals surface area contributed by atoms with Gasteiger partial charge in [-0.1, -0.05) is 12.1 Å². The molecule has 0 bridgehead atoms. The average molecular weight is 406 g/mol. The molecular formula is C18H14F4N6O. The summed E-state index contributed by atoms with van der Waals surface area (Å²) in [5.41, 5.74) is -0.844. The van der Waals surface area contributed by atoms with Crippen molar-refractivity contribution in [2.24, 2.45) is 0 Å². The first-order chi connectivity index (χ1) is 13.9. The second-order valence-corrected chi connectivity index (χ2v) is 6.22.